The van der Waals surface area contributed by atoms with Crippen molar-refractivity contribution in [2.45, 2.75) is 50.8 Å². The Morgan fingerprint density at radius 1 is 0.667 bits per heavy atom. The first-order valence-electron chi connectivity index (χ1n) is 16.5. The van der Waals surface area contributed by atoms with Crippen LogP contribution in [0, 0.1) is 0 Å². The molecule has 1 heterocycles. The third kappa shape index (κ3) is 5.81. The molecule has 1 aliphatic heterocycles. The number of rotatable bonds is 7. The highest BCUT2D eigenvalue weighted by molar-refractivity contribution is 7.84. The topological polar surface area (TPSA) is 29.5 Å². The van der Waals surface area contributed by atoms with Gasteiger partial charge in [-0.2, -0.15) is 0 Å². The van der Waals surface area contributed by atoms with Crippen molar-refractivity contribution in [3.8, 4) is 11.5 Å². The third-order valence-corrected chi connectivity index (χ3v) is 13.6. The zero-order valence-corrected chi connectivity index (χ0v) is 30.2. The van der Waals surface area contributed by atoms with Crippen LogP contribution in [0.25, 0.3) is 10.8 Å². The predicted molar refractivity (Wildman–Crippen MR) is 205 cm³/mol. The summed E-state index contributed by atoms with van der Waals surface area (Å²) < 4.78 is 23.0. The van der Waals surface area contributed by atoms with Gasteiger partial charge in [0.25, 0.3) is 0 Å². The zero-order chi connectivity index (χ0) is 33.6. The zero-order valence-electron chi connectivity index (χ0n) is 28.5. The van der Waals surface area contributed by atoms with Crippen LogP contribution in [0.1, 0.15) is 62.9 Å². The molecule has 0 aromatic heterocycles. The molecule has 48 heavy (non-hydrogen) atoms. The Morgan fingerprint density at radius 2 is 1.23 bits per heavy atom. The van der Waals surface area contributed by atoms with E-state index in [9.17, 15) is 4.21 Å². The minimum atomic E-state index is -1.29. The largest absolute Gasteiger partial charge is 0.456 e. The van der Waals surface area contributed by atoms with E-state index in [4.69, 9.17) is 4.74 Å². The van der Waals surface area contributed by atoms with Gasteiger partial charge in [-0.15, -0.1) is 0 Å². The van der Waals surface area contributed by atoms with Crippen LogP contribution in [0.2, 0.25) is 0 Å². The molecule has 0 fully saturated rings. The number of nitrogens with zero attached hydrogens (tertiary/aromatic N) is 1. The fourth-order valence-electron chi connectivity index (χ4n) is 7.00. The van der Waals surface area contributed by atoms with Crippen LogP contribution in [0.3, 0.4) is 0 Å². The molecule has 0 N–H and O–H groups in total. The second-order valence-electron chi connectivity index (χ2n) is 14.0. The van der Waals surface area contributed by atoms with Gasteiger partial charge in [-0.3, -0.25) is 0 Å². The van der Waals surface area contributed by atoms with Gasteiger partial charge in [0.05, 0.1) is 10.8 Å². The number of para-hydroxylation sites is 2. The quantitative estimate of drug-likeness (QED) is 0.159. The summed E-state index contributed by atoms with van der Waals surface area (Å²) in [5.74, 6) is 1.78. The van der Waals surface area contributed by atoms with E-state index in [-0.39, 0.29) is 11.5 Å². The molecule has 3 nitrogen and oxygen atoms in total. The van der Waals surface area contributed by atoms with Crippen LogP contribution in [0.4, 0.5) is 0 Å². The normalized spacial score (nSPS) is 15.1. The molecule has 0 radical (unpaired) electrons. The van der Waals surface area contributed by atoms with Crippen LogP contribution in [-0.2, 0) is 16.4 Å². The van der Waals surface area contributed by atoms with E-state index in [2.05, 4.69) is 153 Å². The molecule has 0 saturated heterocycles. The molecule has 7 rings (SSSR count). The minimum Gasteiger partial charge on any atom is -0.456 e. The molecule has 6 aromatic rings. The van der Waals surface area contributed by atoms with Crippen molar-refractivity contribution in [3.05, 3.63) is 162 Å². The fraction of sp³-hybridized carbons (Fsp3) is 0.209. The van der Waals surface area contributed by atoms with Gasteiger partial charge in [0.1, 0.15) is 22.5 Å². The first-order valence-corrected chi connectivity index (χ1v) is 19.0. The van der Waals surface area contributed by atoms with E-state index in [1.165, 1.54) is 26.9 Å². The number of hydrogen-bond acceptors (Lipinski definition) is 2. The molecular weight excluding hydrogens is 626 g/mol. The second-order valence-corrected chi connectivity index (χ2v) is 18.5. The first-order chi connectivity index (χ1) is 23.1. The number of hydrogen-bond donors (Lipinski definition) is 0. The van der Waals surface area contributed by atoms with Gasteiger partial charge < -0.3 is 4.74 Å². The minimum absolute atomic E-state index is 0.307. The van der Waals surface area contributed by atoms with Gasteiger partial charge in [0, 0.05) is 34.5 Å². The molecule has 0 aliphatic carbocycles. The van der Waals surface area contributed by atoms with Crippen molar-refractivity contribution in [2.24, 2.45) is 0 Å². The van der Waals surface area contributed by atoms with E-state index in [0.29, 0.717) is 0 Å². The molecule has 0 amide bonds. The Kier molecular flexibility index (Phi) is 8.62. The average molecular weight is 668 g/mol. The van der Waals surface area contributed by atoms with Crippen LogP contribution < -0.4 is 20.7 Å². The maximum absolute atomic E-state index is 14.2. The van der Waals surface area contributed by atoms with Crippen LogP contribution in [0.15, 0.2) is 140 Å². The van der Waals surface area contributed by atoms with Crippen molar-refractivity contribution in [1.29, 1.82) is 0 Å². The summed E-state index contributed by atoms with van der Waals surface area (Å²) in [5.41, 5.74) is 4.07. The lowest BCUT2D eigenvalue weighted by Crippen LogP contribution is -2.38. The maximum Gasteiger partial charge on any atom is 0.139 e. The molecule has 0 spiro atoms. The van der Waals surface area contributed by atoms with Crippen LogP contribution in [-0.4, -0.2) is 20.3 Å². The van der Waals surface area contributed by atoms with Gasteiger partial charge in [0.2, 0.25) is 0 Å². The predicted octanol–water partition coefficient (Wildman–Crippen LogP) is 9.51. The van der Waals surface area contributed by atoms with Gasteiger partial charge in [-0.25, -0.2) is 8.51 Å². The highest BCUT2D eigenvalue weighted by Crippen LogP contribution is 2.53. The summed E-state index contributed by atoms with van der Waals surface area (Å²) in [6, 6.07) is 49.5. The van der Waals surface area contributed by atoms with E-state index in [1.807, 2.05) is 32.1 Å². The Labute approximate surface area is 289 Å². The number of ether oxygens (including phenoxy) is 1. The third-order valence-electron chi connectivity index (χ3n) is 9.39. The second kappa shape index (κ2) is 12.7. The summed E-state index contributed by atoms with van der Waals surface area (Å²) in [4.78, 5) is 0. The Hall–Kier alpha value is -4.08. The first kappa shape index (κ1) is 32.5. The maximum atomic E-state index is 14.2. The number of benzene rings is 6. The summed E-state index contributed by atoms with van der Waals surface area (Å²) >= 11 is 0. The summed E-state index contributed by atoms with van der Waals surface area (Å²) in [6.07, 6.45) is 0. The molecule has 0 bridgehead atoms. The standard InChI is InChI=1S/C43H42NO2PS/c1-42(2,3)48(45)44(6)39(32-28-27-30-17-13-14-18-31(30)29-32)35-23-15-24-36-40(35)46-41-37(43(36,4)5)25-16-26-38(41)47(33-19-9-7-10-20-33)34-21-11-8-12-22-34/h7-29,39H,1-6H3/t39-,48+/m0/s1. The molecule has 242 valence electrons. The lowest BCUT2D eigenvalue weighted by atomic mass is 9.74. The Morgan fingerprint density at radius 3 is 1.85 bits per heavy atom. The van der Waals surface area contributed by atoms with Crippen LogP contribution >= 0.6 is 7.92 Å². The van der Waals surface area contributed by atoms with Crippen molar-refractivity contribution < 1.29 is 8.95 Å². The molecular formula is C43H42NO2PS. The Balaban J connectivity index is 1.45. The smallest absolute Gasteiger partial charge is 0.139 e. The molecule has 0 unspecified atom stereocenters. The van der Waals surface area contributed by atoms with E-state index >= 15 is 0 Å². The van der Waals surface area contributed by atoms with Crippen molar-refractivity contribution >= 4 is 45.6 Å². The summed E-state index contributed by atoms with van der Waals surface area (Å²) in [7, 11) is -0.211. The van der Waals surface area contributed by atoms with Gasteiger partial charge in [-0.05, 0) is 61.7 Å². The number of fused-ring (bicyclic) bond motifs is 3. The van der Waals surface area contributed by atoms with Gasteiger partial charge in [0.15, 0.2) is 0 Å². The molecule has 0 saturated carbocycles. The highest BCUT2D eigenvalue weighted by atomic mass is 32.2. The van der Waals surface area contributed by atoms with Crippen molar-refractivity contribution in [1.82, 2.24) is 4.31 Å². The summed E-state index contributed by atoms with van der Waals surface area (Å²) in [5, 5.41) is 6.09. The summed E-state index contributed by atoms with van der Waals surface area (Å²) in [6.45, 7) is 10.7. The van der Waals surface area contributed by atoms with E-state index in [1.54, 1.807) is 0 Å². The van der Waals surface area contributed by atoms with Gasteiger partial charge in [-0.1, -0.05) is 147 Å². The van der Waals surface area contributed by atoms with Crippen molar-refractivity contribution in [2.75, 3.05) is 7.05 Å². The van der Waals surface area contributed by atoms with Gasteiger partial charge >= 0.3 is 0 Å². The average Bonchev–Trinajstić information content (AvgIpc) is 3.09. The van der Waals surface area contributed by atoms with E-state index < -0.39 is 23.7 Å². The van der Waals surface area contributed by atoms with Crippen molar-refractivity contribution in [3.63, 3.8) is 0 Å². The lowest BCUT2D eigenvalue weighted by Gasteiger charge is -2.40. The molecule has 6 aromatic carbocycles. The Bertz CT molecular complexity index is 2080. The lowest BCUT2D eigenvalue weighted by molar-refractivity contribution is 0.390. The molecule has 1 aliphatic rings. The monoisotopic (exact) mass is 667 g/mol. The SMILES string of the molecule is CN([C@@H](c1ccc2ccccc2c1)c1cccc2c1Oc1c(P(c3ccccc3)c3ccccc3)cccc1C2(C)C)[S@](=O)C(C)(C)C. The molecule has 2 atom stereocenters. The van der Waals surface area contributed by atoms with E-state index in [0.717, 1.165) is 33.6 Å². The molecule has 5 heteroatoms. The fourth-order valence-corrected chi connectivity index (χ4v) is 10.7. The van der Waals surface area contributed by atoms with Crippen LogP contribution in [0.5, 0.6) is 11.5 Å². The highest BCUT2D eigenvalue weighted by Gasteiger charge is 2.40.